The Balaban J connectivity index is 1.46. The SMILES string of the molecule is Cc1cccc(N2CCN(c3c(C)c(C)nc4nc(Cc5cccc(F)c5)nn34)C[C@H]2C)c1. The van der Waals surface area contributed by atoms with Crippen molar-refractivity contribution in [2.75, 3.05) is 29.4 Å². The zero-order chi connectivity index (χ0) is 23.1. The molecule has 0 unspecified atom stereocenters. The summed E-state index contributed by atoms with van der Waals surface area (Å²) in [6, 6.07) is 15.6. The van der Waals surface area contributed by atoms with E-state index in [0.717, 1.165) is 42.3 Å². The molecule has 0 bridgehead atoms. The molecule has 7 heteroatoms. The molecule has 2 aromatic carbocycles. The second kappa shape index (κ2) is 8.46. The lowest BCUT2D eigenvalue weighted by Gasteiger charge is -2.42. The van der Waals surface area contributed by atoms with Crippen LogP contribution in [0.5, 0.6) is 0 Å². The van der Waals surface area contributed by atoms with Gasteiger partial charge in [0.1, 0.15) is 11.6 Å². The first-order valence-corrected chi connectivity index (χ1v) is 11.4. The average molecular weight is 445 g/mol. The zero-order valence-corrected chi connectivity index (χ0v) is 19.6. The minimum absolute atomic E-state index is 0.248. The molecule has 0 spiro atoms. The number of piperazine rings is 1. The Morgan fingerprint density at radius 2 is 1.82 bits per heavy atom. The van der Waals surface area contributed by atoms with E-state index in [0.29, 0.717) is 24.1 Å². The van der Waals surface area contributed by atoms with Crippen LogP contribution >= 0.6 is 0 Å². The van der Waals surface area contributed by atoms with Crippen molar-refractivity contribution in [2.45, 2.75) is 40.2 Å². The molecule has 0 radical (unpaired) electrons. The van der Waals surface area contributed by atoms with Gasteiger partial charge in [-0.1, -0.05) is 24.3 Å². The van der Waals surface area contributed by atoms with Gasteiger partial charge in [-0.15, -0.1) is 5.10 Å². The highest BCUT2D eigenvalue weighted by atomic mass is 19.1. The van der Waals surface area contributed by atoms with E-state index in [1.165, 1.54) is 23.4 Å². The van der Waals surface area contributed by atoms with Crippen LogP contribution in [0.2, 0.25) is 0 Å². The van der Waals surface area contributed by atoms with Crippen LogP contribution in [-0.2, 0) is 6.42 Å². The van der Waals surface area contributed by atoms with Gasteiger partial charge < -0.3 is 9.80 Å². The van der Waals surface area contributed by atoms with Crippen LogP contribution in [0.15, 0.2) is 48.5 Å². The van der Waals surface area contributed by atoms with Gasteiger partial charge in [0.25, 0.3) is 5.78 Å². The van der Waals surface area contributed by atoms with Crippen molar-refractivity contribution >= 4 is 17.3 Å². The summed E-state index contributed by atoms with van der Waals surface area (Å²) in [4.78, 5) is 14.2. The minimum Gasteiger partial charge on any atom is -0.365 e. The maximum absolute atomic E-state index is 13.6. The normalized spacial score (nSPS) is 16.6. The maximum Gasteiger partial charge on any atom is 0.254 e. The van der Waals surface area contributed by atoms with Gasteiger partial charge in [-0.3, -0.25) is 0 Å². The van der Waals surface area contributed by atoms with Gasteiger partial charge in [0.2, 0.25) is 0 Å². The van der Waals surface area contributed by atoms with E-state index in [1.807, 2.05) is 17.5 Å². The Labute approximate surface area is 193 Å². The first-order valence-electron chi connectivity index (χ1n) is 11.4. The summed E-state index contributed by atoms with van der Waals surface area (Å²) in [5, 5.41) is 4.79. The second-order valence-corrected chi connectivity index (χ2v) is 9.02. The van der Waals surface area contributed by atoms with Crippen LogP contribution in [0, 0.1) is 26.6 Å². The summed E-state index contributed by atoms with van der Waals surface area (Å²) in [6.45, 7) is 11.2. The summed E-state index contributed by atoms with van der Waals surface area (Å²) >= 11 is 0. The van der Waals surface area contributed by atoms with Gasteiger partial charge in [0, 0.05) is 49.0 Å². The average Bonchev–Trinajstić information content (AvgIpc) is 3.16. The third-order valence-corrected chi connectivity index (χ3v) is 6.49. The Hall–Kier alpha value is -3.48. The van der Waals surface area contributed by atoms with E-state index in [9.17, 15) is 4.39 Å². The lowest BCUT2D eigenvalue weighted by molar-refractivity contribution is 0.542. The molecule has 170 valence electrons. The van der Waals surface area contributed by atoms with Gasteiger partial charge >= 0.3 is 0 Å². The summed E-state index contributed by atoms with van der Waals surface area (Å²) in [6.07, 6.45) is 0.468. The summed E-state index contributed by atoms with van der Waals surface area (Å²) < 4.78 is 15.5. The highest BCUT2D eigenvalue weighted by Crippen LogP contribution is 2.28. The van der Waals surface area contributed by atoms with Crippen LogP contribution in [-0.4, -0.2) is 45.3 Å². The van der Waals surface area contributed by atoms with Crippen LogP contribution in [0.25, 0.3) is 5.78 Å². The molecule has 33 heavy (non-hydrogen) atoms. The molecule has 6 nitrogen and oxygen atoms in total. The smallest absolute Gasteiger partial charge is 0.254 e. The summed E-state index contributed by atoms with van der Waals surface area (Å²) in [7, 11) is 0. The van der Waals surface area contributed by atoms with Crippen molar-refractivity contribution in [3.05, 3.63) is 82.6 Å². The van der Waals surface area contributed by atoms with Crippen LogP contribution in [0.3, 0.4) is 0 Å². The Kier molecular flexibility index (Phi) is 5.48. The molecule has 1 saturated heterocycles. The molecule has 2 aromatic heterocycles. The summed E-state index contributed by atoms with van der Waals surface area (Å²) in [5.41, 5.74) is 5.46. The van der Waals surface area contributed by atoms with Crippen LogP contribution in [0.1, 0.15) is 35.1 Å². The lowest BCUT2D eigenvalue weighted by atomic mass is 10.1. The molecule has 4 aromatic rings. The molecule has 1 aliphatic heterocycles. The molecular weight excluding hydrogens is 415 g/mol. The monoisotopic (exact) mass is 444 g/mol. The topological polar surface area (TPSA) is 49.6 Å². The molecular formula is C26H29FN6. The number of hydrogen-bond acceptors (Lipinski definition) is 5. The third-order valence-electron chi connectivity index (χ3n) is 6.49. The Morgan fingerprint density at radius 3 is 2.58 bits per heavy atom. The maximum atomic E-state index is 13.6. The zero-order valence-electron chi connectivity index (χ0n) is 19.6. The van der Waals surface area contributed by atoms with Gasteiger partial charge in [-0.05, 0) is 63.1 Å². The number of rotatable bonds is 4. The first-order chi connectivity index (χ1) is 15.9. The molecule has 3 heterocycles. The number of aromatic nitrogens is 4. The first kappa shape index (κ1) is 21.4. The number of nitrogens with zero attached hydrogens (tertiary/aromatic N) is 6. The fourth-order valence-electron chi connectivity index (χ4n) is 4.73. The highest BCUT2D eigenvalue weighted by Gasteiger charge is 2.28. The number of benzene rings is 2. The molecule has 0 amide bonds. The molecule has 0 aliphatic carbocycles. The number of fused-ring (bicyclic) bond motifs is 1. The van der Waals surface area contributed by atoms with Gasteiger partial charge in [0.05, 0.1) is 0 Å². The molecule has 0 saturated carbocycles. The predicted molar refractivity (Wildman–Crippen MR) is 130 cm³/mol. The van der Waals surface area contributed by atoms with Crippen molar-refractivity contribution in [3.8, 4) is 0 Å². The van der Waals surface area contributed by atoms with E-state index >= 15 is 0 Å². The fraction of sp³-hybridized carbons (Fsp3) is 0.346. The minimum atomic E-state index is -0.248. The lowest BCUT2D eigenvalue weighted by Crippen LogP contribution is -2.53. The van der Waals surface area contributed by atoms with E-state index in [1.54, 1.807) is 6.07 Å². The van der Waals surface area contributed by atoms with E-state index in [-0.39, 0.29) is 5.82 Å². The Bertz CT molecular complexity index is 1310. The standard InChI is InChI=1S/C26H29FN6/c1-17-7-5-10-23(13-17)32-12-11-31(16-18(32)2)25-19(3)20(4)28-26-29-24(30-33(25)26)15-21-8-6-9-22(27)14-21/h5-10,13-14,18H,11-12,15-16H2,1-4H3/t18-/m1/s1. The van der Waals surface area contributed by atoms with Crippen molar-refractivity contribution in [3.63, 3.8) is 0 Å². The van der Waals surface area contributed by atoms with Gasteiger partial charge in [-0.2, -0.15) is 9.50 Å². The van der Waals surface area contributed by atoms with Crippen molar-refractivity contribution < 1.29 is 4.39 Å². The number of hydrogen-bond donors (Lipinski definition) is 0. The van der Waals surface area contributed by atoms with Gasteiger partial charge in [-0.25, -0.2) is 9.37 Å². The molecule has 1 aliphatic rings. The number of halogens is 1. The van der Waals surface area contributed by atoms with E-state index < -0.39 is 0 Å². The van der Waals surface area contributed by atoms with Gasteiger partial charge in [0.15, 0.2) is 5.82 Å². The van der Waals surface area contributed by atoms with Crippen molar-refractivity contribution in [2.24, 2.45) is 0 Å². The number of anilines is 2. The molecule has 1 atom stereocenters. The van der Waals surface area contributed by atoms with Crippen LogP contribution in [0.4, 0.5) is 15.9 Å². The van der Waals surface area contributed by atoms with E-state index in [4.69, 9.17) is 5.10 Å². The van der Waals surface area contributed by atoms with Crippen molar-refractivity contribution in [1.82, 2.24) is 19.6 Å². The largest absolute Gasteiger partial charge is 0.365 e. The molecule has 5 rings (SSSR count). The second-order valence-electron chi connectivity index (χ2n) is 9.02. The fourth-order valence-corrected chi connectivity index (χ4v) is 4.73. The molecule has 0 N–H and O–H groups in total. The Morgan fingerprint density at radius 1 is 1.00 bits per heavy atom. The summed E-state index contributed by atoms with van der Waals surface area (Å²) in [5.74, 6) is 2.03. The van der Waals surface area contributed by atoms with Crippen molar-refractivity contribution in [1.29, 1.82) is 0 Å². The predicted octanol–water partition coefficient (Wildman–Crippen LogP) is 4.49. The van der Waals surface area contributed by atoms with Crippen LogP contribution < -0.4 is 9.80 Å². The highest BCUT2D eigenvalue weighted by molar-refractivity contribution is 5.57. The van der Waals surface area contributed by atoms with E-state index in [2.05, 4.69) is 64.8 Å². The third kappa shape index (κ3) is 4.15. The quantitative estimate of drug-likeness (QED) is 0.464. The molecule has 1 fully saturated rings. The number of aryl methyl sites for hydroxylation is 2.